The van der Waals surface area contributed by atoms with Gasteiger partial charge in [0.1, 0.15) is 0 Å². The summed E-state index contributed by atoms with van der Waals surface area (Å²) in [6.07, 6.45) is 1.22. The quantitative estimate of drug-likeness (QED) is 0.576. The minimum Gasteiger partial charge on any atom is -0.490 e. The number of ether oxygens (including phenoxy) is 1. The van der Waals surface area contributed by atoms with Gasteiger partial charge in [0.05, 0.1) is 12.0 Å². The molecule has 5 nitrogen and oxygen atoms in total. The number of nitro benzene ring substituents is 1. The predicted molar refractivity (Wildman–Crippen MR) is 59.5 cm³/mol. The molecule has 0 radical (unpaired) electrons. The van der Waals surface area contributed by atoms with Crippen molar-refractivity contribution < 1.29 is 9.66 Å². The maximum atomic E-state index is 10.8. The fraction of sp³-hybridized carbons (Fsp3) is 0.455. The van der Waals surface area contributed by atoms with E-state index in [0.717, 1.165) is 25.2 Å². The van der Waals surface area contributed by atoms with E-state index in [1.54, 1.807) is 12.1 Å². The molecule has 1 aliphatic rings. The minimum atomic E-state index is -0.404. The molecule has 0 amide bonds. The van der Waals surface area contributed by atoms with Gasteiger partial charge >= 0.3 is 5.69 Å². The normalized spacial score (nSPS) is 15.6. The van der Waals surface area contributed by atoms with Crippen LogP contribution in [0.2, 0.25) is 0 Å². The molecule has 0 unspecified atom stereocenters. The number of rotatable bonds is 4. The maximum absolute atomic E-state index is 10.8. The van der Waals surface area contributed by atoms with Crippen molar-refractivity contribution in [2.75, 3.05) is 20.2 Å². The lowest BCUT2D eigenvalue weighted by Gasteiger charge is -2.30. The van der Waals surface area contributed by atoms with E-state index in [1.807, 2.05) is 6.07 Å². The Morgan fingerprint density at radius 2 is 2.25 bits per heavy atom. The molecule has 1 aliphatic heterocycles. The average Bonchev–Trinajstić information content (AvgIpc) is 2.23. The van der Waals surface area contributed by atoms with E-state index in [0.29, 0.717) is 5.75 Å². The Morgan fingerprint density at radius 3 is 2.75 bits per heavy atom. The minimum absolute atomic E-state index is 0.0422. The third-order valence-corrected chi connectivity index (χ3v) is 2.79. The fourth-order valence-electron chi connectivity index (χ4n) is 1.77. The topological polar surface area (TPSA) is 55.6 Å². The number of likely N-dealkylation sites (tertiary alicyclic amines) is 1. The van der Waals surface area contributed by atoms with Gasteiger partial charge in [-0.3, -0.25) is 15.0 Å². The molecule has 5 heteroatoms. The standard InChI is InChI=1S/C11H14N2O3/c1-16-11-4-3-9(7-10(11)13(14)15)8-12-5-2-6-12/h3-4,7H,2,5-6,8H2,1H3. The van der Waals surface area contributed by atoms with E-state index in [2.05, 4.69) is 4.90 Å². The summed E-state index contributed by atoms with van der Waals surface area (Å²) in [6, 6.07) is 5.13. The summed E-state index contributed by atoms with van der Waals surface area (Å²) in [6.45, 7) is 2.95. The van der Waals surface area contributed by atoms with Crippen LogP contribution < -0.4 is 4.74 Å². The first-order valence-corrected chi connectivity index (χ1v) is 5.24. The predicted octanol–water partition coefficient (Wildman–Crippen LogP) is 1.81. The summed E-state index contributed by atoms with van der Waals surface area (Å²) in [5.41, 5.74) is 1.01. The molecule has 2 rings (SSSR count). The van der Waals surface area contributed by atoms with Crippen molar-refractivity contribution in [1.82, 2.24) is 4.90 Å². The van der Waals surface area contributed by atoms with Crippen LogP contribution >= 0.6 is 0 Å². The Balaban J connectivity index is 2.20. The average molecular weight is 222 g/mol. The Morgan fingerprint density at radius 1 is 1.50 bits per heavy atom. The first kappa shape index (κ1) is 10.9. The molecule has 0 spiro atoms. The molecule has 1 saturated heterocycles. The molecule has 86 valence electrons. The van der Waals surface area contributed by atoms with E-state index in [9.17, 15) is 10.1 Å². The molecule has 16 heavy (non-hydrogen) atoms. The first-order chi connectivity index (χ1) is 7.70. The van der Waals surface area contributed by atoms with Crippen LogP contribution in [0, 0.1) is 10.1 Å². The fourth-order valence-corrected chi connectivity index (χ4v) is 1.77. The van der Waals surface area contributed by atoms with Gasteiger partial charge in [0.25, 0.3) is 0 Å². The van der Waals surface area contributed by atoms with Crippen LogP contribution in [0.25, 0.3) is 0 Å². The Kier molecular flexibility index (Phi) is 3.05. The molecule has 0 atom stereocenters. The van der Waals surface area contributed by atoms with Crippen LogP contribution in [0.5, 0.6) is 5.75 Å². The van der Waals surface area contributed by atoms with Gasteiger partial charge in [0, 0.05) is 12.6 Å². The van der Waals surface area contributed by atoms with Crippen LogP contribution in [0.3, 0.4) is 0 Å². The highest BCUT2D eigenvalue weighted by Gasteiger charge is 2.18. The van der Waals surface area contributed by atoms with Crippen molar-refractivity contribution in [1.29, 1.82) is 0 Å². The van der Waals surface area contributed by atoms with Gasteiger partial charge in [-0.05, 0) is 31.1 Å². The lowest BCUT2D eigenvalue weighted by atomic mass is 10.1. The van der Waals surface area contributed by atoms with Gasteiger partial charge in [-0.25, -0.2) is 0 Å². The SMILES string of the molecule is COc1ccc(CN2CCC2)cc1[N+](=O)[O-]. The van der Waals surface area contributed by atoms with Crippen LogP contribution in [0.15, 0.2) is 18.2 Å². The van der Waals surface area contributed by atoms with Gasteiger partial charge in [-0.15, -0.1) is 0 Å². The molecule has 1 heterocycles. The highest BCUT2D eigenvalue weighted by Crippen LogP contribution is 2.28. The third kappa shape index (κ3) is 2.14. The largest absolute Gasteiger partial charge is 0.490 e. The van der Waals surface area contributed by atoms with Crippen LogP contribution in [-0.4, -0.2) is 30.0 Å². The molecule has 1 aromatic rings. The van der Waals surface area contributed by atoms with E-state index >= 15 is 0 Å². The van der Waals surface area contributed by atoms with Crippen molar-refractivity contribution in [3.05, 3.63) is 33.9 Å². The summed E-state index contributed by atoms with van der Waals surface area (Å²) in [7, 11) is 1.44. The van der Waals surface area contributed by atoms with Crippen molar-refractivity contribution in [2.45, 2.75) is 13.0 Å². The monoisotopic (exact) mass is 222 g/mol. The number of nitrogens with zero attached hydrogens (tertiary/aromatic N) is 2. The summed E-state index contributed by atoms with van der Waals surface area (Å²) < 4.78 is 4.95. The summed E-state index contributed by atoms with van der Waals surface area (Å²) in [4.78, 5) is 12.7. The zero-order chi connectivity index (χ0) is 11.5. The van der Waals surface area contributed by atoms with Crippen molar-refractivity contribution in [3.8, 4) is 5.75 Å². The number of hydrogen-bond acceptors (Lipinski definition) is 4. The second kappa shape index (κ2) is 4.49. The molecular weight excluding hydrogens is 208 g/mol. The Bertz CT molecular complexity index is 402. The Labute approximate surface area is 93.8 Å². The molecule has 0 saturated carbocycles. The van der Waals surface area contributed by atoms with E-state index in [-0.39, 0.29) is 5.69 Å². The van der Waals surface area contributed by atoms with E-state index in [1.165, 1.54) is 13.5 Å². The molecule has 0 aromatic heterocycles. The second-order valence-corrected chi connectivity index (χ2v) is 3.89. The summed E-state index contributed by atoms with van der Waals surface area (Å²) >= 11 is 0. The van der Waals surface area contributed by atoms with Crippen molar-refractivity contribution in [3.63, 3.8) is 0 Å². The molecular formula is C11H14N2O3. The van der Waals surface area contributed by atoms with Gasteiger partial charge < -0.3 is 4.74 Å². The molecule has 0 N–H and O–H groups in total. The van der Waals surface area contributed by atoms with Crippen LogP contribution in [-0.2, 0) is 6.54 Å². The molecule has 1 fully saturated rings. The van der Waals surface area contributed by atoms with Crippen molar-refractivity contribution in [2.24, 2.45) is 0 Å². The molecule has 0 bridgehead atoms. The first-order valence-electron chi connectivity index (χ1n) is 5.24. The number of nitro groups is 1. The second-order valence-electron chi connectivity index (χ2n) is 3.89. The summed E-state index contributed by atoms with van der Waals surface area (Å²) in [5.74, 6) is 0.317. The lowest BCUT2D eigenvalue weighted by molar-refractivity contribution is -0.385. The number of hydrogen-bond donors (Lipinski definition) is 0. The third-order valence-electron chi connectivity index (χ3n) is 2.79. The van der Waals surface area contributed by atoms with Crippen LogP contribution in [0.4, 0.5) is 5.69 Å². The van der Waals surface area contributed by atoms with Gasteiger partial charge in [0.2, 0.25) is 0 Å². The molecule has 1 aromatic carbocycles. The molecule has 0 aliphatic carbocycles. The zero-order valence-corrected chi connectivity index (χ0v) is 9.18. The maximum Gasteiger partial charge on any atom is 0.311 e. The van der Waals surface area contributed by atoms with Gasteiger partial charge in [-0.1, -0.05) is 6.07 Å². The van der Waals surface area contributed by atoms with E-state index in [4.69, 9.17) is 4.74 Å². The van der Waals surface area contributed by atoms with Crippen LogP contribution in [0.1, 0.15) is 12.0 Å². The highest BCUT2D eigenvalue weighted by molar-refractivity contribution is 5.48. The zero-order valence-electron chi connectivity index (χ0n) is 9.18. The van der Waals surface area contributed by atoms with E-state index < -0.39 is 4.92 Å². The summed E-state index contributed by atoms with van der Waals surface area (Å²) in [5, 5.41) is 10.8. The van der Waals surface area contributed by atoms with Gasteiger partial charge in [-0.2, -0.15) is 0 Å². The smallest absolute Gasteiger partial charge is 0.311 e. The Hall–Kier alpha value is -1.62. The van der Waals surface area contributed by atoms with Gasteiger partial charge in [0.15, 0.2) is 5.75 Å². The lowest BCUT2D eigenvalue weighted by Crippen LogP contribution is -2.36. The number of benzene rings is 1. The number of methoxy groups -OCH3 is 1. The highest BCUT2D eigenvalue weighted by atomic mass is 16.6. The van der Waals surface area contributed by atoms with Crippen molar-refractivity contribution >= 4 is 5.69 Å².